The number of nitrogen functional groups attached to an aromatic ring is 1. The Morgan fingerprint density at radius 1 is 1.38 bits per heavy atom. The van der Waals surface area contributed by atoms with Crippen molar-refractivity contribution in [3.8, 4) is 6.07 Å². The number of fused-ring (bicyclic) bond motifs is 2. The van der Waals surface area contributed by atoms with E-state index in [2.05, 4.69) is 11.1 Å². The molecule has 1 aliphatic heterocycles. The normalized spacial score (nSPS) is 15.3. The van der Waals surface area contributed by atoms with E-state index in [0.29, 0.717) is 34.6 Å². The van der Waals surface area contributed by atoms with E-state index >= 15 is 0 Å². The van der Waals surface area contributed by atoms with Gasteiger partial charge in [-0.3, -0.25) is 9.20 Å². The van der Waals surface area contributed by atoms with Crippen molar-refractivity contribution in [1.82, 2.24) is 9.38 Å². The zero-order valence-electron chi connectivity index (χ0n) is 14.3. The monoisotopic (exact) mass is 352 g/mol. The lowest BCUT2D eigenvalue weighted by molar-refractivity contribution is -0.923. The van der Waals surface area contributed by atoms with Crippen molar-refractivity contribution in [1.29, 1.82) is 5.26 Å². The third-order valence-electron chi connectivity index (χ3n) is 4.87. The van der Waals surface area contributed by atoms with Crippen molar-refractivity contribution in [3.63, 3.8) is 0 Å². The number of nitrogens with two attached hydrogens (primary N) is 1. The van der Waals surface area contributed by atoms with Gasteiger partial charge in [0.1, 0.15) is 43.2 Å². The number of rotatable bonds is 3. The van der Waals surface area contributed by atoms with Crippen molar-refractivity contribution < 1.29 is 14.2 Å². The molecule has 0 aliphatic carbocycles. The van der Waals surface area contributed by atoms with Crippen LogP contribution in [0.2, 0.25) is 0 Å². The first-order valence-corrected chi connectivity index (χ1v) is 8.64. The Morgan fingerprint density at radius 3 is 2.96 bits per heavy atom. The summed E-state index contributed by atoms with van der Waals surface area (Å²) in [6, 6.07) is 9.03. The standard InChI is InChI=1S/C18H18N6O2/c19-12-13-11-14-17(21-15-3-1-2-4-23(15)18(14)25)24(16(13)20)6-5-22-7-9-26-10-8-22/h1-4,11,20H,5-10H2/p+2. The number of aromatic nitrogens is 3. The Kier molecular flexibility index (Phi) is 4.24. The SMILES string of the molecule is N#Cc1cc2c(=O)n3ccccc3nc2[n+](CC[NH+]2CCOCC2)c1N. The number of ether oxygens (including phenoxy) is 1. The van der Waals surface area contributed by atoms with E-state index in [4.69, 9.17) is 10.5 Å². The summed E-state index contributed by atoms with van der Waals surface area (Å²) in [6.45, 7) is 4.79. The molecule has 132 valence electrons. The number of morpholine rings is 1. The molecule has 1 fully saturated rings. The highest BCUT2D eigenvalue weighted by Gasteiger charge is 2.22. The van der Waals surface area contributed by atoms with E-state index in [-0.39, 0.29) is 5.56 Å². The van der Waals surface area contributed by atoms with Gasteiger partial charge in [0.05, 0.1) is 13.2 Å². The van der Waals surface area contributed by atoms with Crippen LogP contribution in [0.3, 0.4) is 0 Å². The lowest BCUT2D eigenvalue weighted by Crippen LogP contribution is -3.14. The average molecular weight is 352 g/mol. The summed E-state index contributed by atoms with van der Waals surface area (Å²) in [7, 11) is 0. The summed E-state index contributed by atoms with van der Waals surface area (Å²) in [6.07, 6.45) is 1.68. The highest BCUT2D eigenvalue weighted by molar-refractivity contribution is 5.76. The van der Waals surface area contributed by atoms with Crippen molar-refractivity contribution >= 4 is 22.5 Å². The first kappa shape index (κ1) is 16.4. The van der Waals surface area contributed by atoms with Crippen LogP contribution >= 0.6 is 0 Å². The second-order valence-corrected chi connectivity index (χ2v) is 6.40. The van der Waals surface area contributed by atoms with Gasteiger partial charge in [0.2, 0.25) is 11.5 Å². The van der Waals surface area contributed by atoms with Crippen molar-refractivity contribution in [3.05, 3.63) is 46.4 Å². The van der Waals surface area contributed by atoms with E-state index < -0.39 is 0 Å². The summed E-state index contributed by atoms with van der Waals surface area (Å²) < 4.78 is 8.67. The van der Waals surface area contributed by atoms with Crippen LogP contribution in [0.15, 0.2) is 35.3 Å². The molecule has 0 bridgehead atoms. The summed E-state index contributed by atoms with van der Waals surface area (Å²) in [5.41, 5.74) is 7.40. The molecule has 0 spiro atoms. The first-order chi connectivity index (χ1) is 12.7. The van der Waals surface area contributed by atoms with E-state index in [1.165, 1.54) is 15.4 Å². The maximum Gasteiger partial charge on any atom is 0.278 e. The van der Waals surface area contributed by atoms with Gasteiger partial charge in [-0.05, 0) is 18.2 Å². The van der Waals surface area contributed by atoms with Gasteiger partial charge in [0.25, 0.3) is 11.2 Å². The van der Waals surface area contributed by atoms with Crippen molar-refractivity contribution in [2.75, 3.05) is 38.6 Å². The number of nitriles is 1. The minimum atomic E-state index is -0.199. The molecule has 3 aromatic rings. The third kappa shape index (κ3) is 2.77. The smallest absolute Gasteiger partial charge is 0.278 e. The number of nitrogens with zero attached hydrogens (tertiary/aromatic N) is 4. The Hall–Kier alpha value is -3.02. The molecular weight excluding hydrogens is 332 g/mol. The molecular formula is C18H20N6O2+2. The molecule has 0 saturated carbocycles. The number of hydrogen-bond donors (Lipinski definition) is 2. The zero-order valence-corrected chi connectivity index (χ0v) is 14.3. The second kappa shape index (κ2) is 6.71. The van der Waals surface area contributed by atoms with Crippen LogP contribution in [-0.4, -0.2) is 42.2 Å². The van der Waals surface area contributed by atoms with Gasteiger partial charge in [-0.2, -0.15) is 5.26 Å². The van der Waals surface area contributed by atoms with Gasteiger partial charge >= 0.3 is 0 Å². The average Bonchev–Trinajstić information content (AvgIpc) is 2.68. The number of pyridine rings is 2. The molecule has 1 aliphatic rings. The van der Waals surface area contributed by atoms with Crippen LogP contribution in [0.5, 0.6) is 0 Å². The molecule has 0 amide bonds. The first-order valence-electron chi connectivity index (χ1n) is 8.64. The Labute approximate surface area is 149 Å². The topological polar surface area (TPSA) is 102 Å². The predicted molar refractivity (Wildman–Crippen MR) is 94.7 cm³/mol. The number of quaternary nitrogens is 1. The maximum atomic E-state index is 12.9. The lowest BCUT2D eigenvalue weighted by atomic mass is 10.2. The van der Waals surface area contributed by atoms with Crippen molar-refractivity contribution in [2.45, 2.75) is 6.54 Å². The van der Waals surface area contributed by atoms with Crippen LogP contribution in [0, 0.1) is 11.3 Å². The lowest BCUT2D eigenvalue weighted by Gasteiger charge is -2.23. The van der Waals surface area contributed by atoms with Crippen LogP contribution < -0.4 is 20.8 Å². The van der Waals surface area contributed by atoms with E-state index in [9.17, 15) is 10.1 Å². The van der Waals surface area contributed by atoms with Gasteiger partial charge in [0, 0.05) is 6.20 Å². The van der Waals surface area contributed by atoms with Crippen LogP contribution in [-0.2, 0) is 11.3 Å². The molecule has 26 heavy (non-hydrogen) atoms. The molecule has 1 saturated heterocycles. The van der Waals surface area contributed by atoms with Gasteiger partial charge in [-0.25, -0.2) is 4.57 Å². The minimum Gasteiger partial charge on any atom is -0.370 e. The van der Waals surface area contributed by atoms with Gasteiger partial charge in [0.15, 0.2) is 0 Å². The fourth-order valence-electron chi connectivity index (χ4n) is 3.40. The van der Waals surface area contributed by atoms with E-state index in [1.807, 2.05) is 6.07 Å². The minimum absolute atomic E-state index is 0.199. The molecule has 3 aromatic heterocycles. The highest BCUT2D eigenvalue weighted by atomic mass is 16.5. The molecule has 0 atom stereocenters. The molecule has 8 nitrogen and oxygen atoms in total. The summed E-state index contributed by atoms with van der Waals surface area (Å²) in [5, 5.41) is 9.83. The summed E-state index contributed by atoms with van der Waals surface area (Å²) in [5.74, 6) is 0.347. The highest BCUT2D eigenvalue weighted by Crippen LogP contribution is 2.13. The molecule has 3 N–H and O–H groups in total. The molecule has 0 unspecified atom stereocenters. The Bertz CT molecular complexity index is 1080. The molecule has 0 aromatic carbocycles. The zero-order chi connectivity index (χ0) is 18.1. The third-order valence-corrected chi connectivity index (χ3v) is 4.87. The van der Waals surface area contributed by atoms with Gasteiger partial charge < -0.3 is 15.4 Å². The maximum absolute atomic E-state index is 12.9. The van der Waals surface area contributed by atoms with Crippen LogP contribution in [0.4, 0.5) is 5.82 Å². The molecule has 8 heteroatoms. The summed E-state index contributed by atoms with van der Waals surface area (Å²) in [4.78, 5) is 18.9. The Morgan fingerprint density at radius 2 is 2.19 bits per heavy atom. The number of anilines is 1. The van der Waals surface area contributed by atoms with Crippen LogP contribution in [0.1, 0.15) is 5.56 Å². The summed E-state index contributed by atoms with van der Waals surface area (Å²) >= 11 is 0. The largest absolute Gasteiger partial charge is 0.370 e. The van der Waals surface area contributed by atoms with E-state index in [0.717, 1.165) is 32.8 Å². The predicted octanol–water partition coefficient (Wildman–Crippen LogP) is -1.50. The Balaban J connectivity index is 1.87. The molecule has 4 heterocycles. The fraction of sp³-hybridized carbons (Fsp3) is 0.333. The van der Waals surface area contributed by atoms with Crippen molar-refractivity contribution in [2.24, 2.45) is 0 Å². The van der Waals surface area contributed by atoms with Crippen LogP contribution in [0.25, 0.3) is 16.7 Å². The number of hydrogen-bond acceptors (Lipinski definition) is 5. The fourth-order valence-corrected chi connectivity index (χ4v) is 3.40. The molecule has 4 rings (SSSR count). The van der Waals surface area contributed by atoms with Gasteiger partial charge in [-0.15, -0.1) is 0 Å². The van der Waals surface area contributed by atoms with Gasteiger partial charge in [-0.1, -0.05) is 11.1 Å². The quantitative estimate of drug-likeness (QED) is 0.441. The van der Waals surface area contributed by atoms with E-state index in [1.54, 1.807) is 22.9 Å². The molecule has 0 radical (unpaired) electrons. The number of nitrogens with one attached hydrogen (secondary N) is 1. The second-order valence-electron chi connectivity index (χ2n) is 6.40.